The van der Waals surface area contributed by atoms with Crippen molar-refractivity contribution in [2.75, 3.05) is 0 Å². The van der Waals surface area contributed by atoms with E-state index >= 15 is 0 Å². The second-order valence-corrected chi connectivity index (χ2v) is 23.1. The Bertz CT molecular complexity index is 470. The number of hydrogen-bond acceptors (Lipinski definition) is 20. The first kappa shape index (κ1) is 20.8. The second-order valence-electron chi connectivity index (χ2n) is 5.25. The summed E-state index contributed by atoms with van der Waals surface area (Å²) in [5.74, 6) is 0. The van der Waals surface area contributed by atoms with Crippen molar-refractivity contribution in [3.63, 3.8) is 0 Å². The van der Waals surface area contributed by atoms with Gasteiger partial charge in [-0.25, -0.2) is 0 Å². The fourth-order valence-corrected chi connectivity index (χ4v) is 30.2. The van der Waals surface area contributed by atoms with Crippen LogP contribution in [0.25, 0.3) is 0 Å². The third-order valence-electron chi connectivity index (χ3n) is 3.01. The van der Waals surface area contributed by atoms with Crippen molar-refractivity contribution in [1.29, 1.82) is 0 Å². The summed E-state index contributed by atoms with van der Waals surface area (Å²) in [6.45, 7) is 0. The van der Waals surface area contributed by atoms with Gasteiger partial charge in [-0.15, -0.1) is 0 Å². The number of hydrogen-bond donors (Lipinski definition) is 1. The van der Waals surface area contributed by atoms with Crippen molar-refractivity contribution >= 4 is 72.4 Å². The van der Waals surface area contributed by atoms with Crippen LogP contribution in [0.2, 0.25) is 0 Å². The van der Waals surface area contributed by atoms with Gasteiger partial charge in [-0.05, 0) is 0 Å². The maximum atomic E-state index is 12.6. The maximum absolute atomic E-state index is 12.6. The average molecular weight is 546 g/mol. The van der Waals surface area contributed by atoms with Gasteiger partial charge in [0, 0.05) is 0 Å². The second kappa shape index (κ2) is 5.46. The Morgan fingerprint density at radius 2 is 0.464 bits per heavy atom. The van der Waals surface area contributed by atoms with Crippen LogP contribution in [-0.4, -0.2) is 77.2 Å². The molecule has 0 radical (unpaired) electrons. The molecule has 28 heavy (non-hydrogen) atoms. The molecule has 0 unspecified atom stereocenters. The lowest BCUT2D eigenvalue weighted by Gasteiger charge is -2.69. The summed E-state index contributed by atoms with van der Waals surface area (Å²) in [7, 11) is -48.1. The Balaban J connectivity index is 1.79. The predicted octanol–water partition coefficient (Wildman–Crippen LogP) is -12.7. The molecule has 1 N–H and O–H groups in total. The summed E-state index contributed by atoms with van der Waals surface area (Å²) in [5.41, 5.74) is 0. The van der Waals surface area contributed by atoms with E-state index in [0.29, 0.717) is 0 Å². The van der Waals surface area contributed by atoms with Gasteiger partial charge in [-0.1, -0.05) is 0 Å². The SMILES string of the molecule is [O-][Si]12O[Si]3([O-])O[Si]4([O-])O[Si]([O-])(O1)O[Si]1([O-])O[Si]([O-])(O2)O[Si]([O-])(O3)O[Si](O)(O4)O1. The van der Waals surface area contributed by atoms with Gasteiger partial charge in [0.1, 0.15) is 0 Å². The summed E-state index contributed by atoms with van der Waals surface area (Å²) in [5, 5.41) is 0. The van der Waals surface area contributed by atoms with Gasteiger partial charge in [0.25, 0.3) is 0 Å². The van der Waals surface area contributed by atoms with Crippen molar-refractivity contribution in [3.05, 3.63) is 0 Å². The van der Waals surface area contributed by atoms with Crippen molar-refractivity contribution in [1.82, 2.24) is 0 Å². The summed E-state index contributed by atoms with van der Waals surface area (Å²) in [6.07, 6.45) is 0. The first-order valence-corrected chi connectivity index (χ1v) is 19.7. The first-order chi connectivity index (χ1) is 12.5. The molecule has 6 fully saturated rings. The van der Waals surface area contributed by atoms with E-state index in [1.165, 1.54) is 0 Å². The molecule has 20 nitrogen and oxygen atoms in total. The molecule has 0 saturated carbocycles. The molecule has 0 atom stereocenters. The van der Waals surface area contributed by atoms with E-state index in [2.05, 4.69) is 49.4 Å². The van der Waals surface area contributed by atoms with Gasteiger partial charge in [-0.2, -0.15) is 0 Å². The zero-order valence-electron chi connectivity index (χ0n) is 12.2. The molecule has 6 heterocycles. The van der Waals surface area contributed by atoms with Crippen molar-refractivity contribution in [3.8, 4) is 0 Å². The highest BCUT2D eigenvalue weighted by atomic mass is 28.7. The monoisotopic (exact) mass is 545 g/mol. The topological polar surface area (TPSA) is 292 Å². The third kappa shape index (κ3) is 3.41. The molecule has 160 valence electrons. The van der Waals surface area contributed by atoms with Crippen molar-refractivity contribution < 1.29 is 87.7 Å². The highest BCUT2D eigenvalue weighted by molar-refractivity contribution is 6.94. The standard InChI is InChI=1S/HO20Si8/c1-21-9-22(2)12-25(5)14-23(3,10-21)16-27(7)17-24(4,11-21)15-26(6,13-22)19-28(8,18-25)20-27/h1H/q-7. The zero-order valence-corrected chi connectivity index (χ0v) is 20.2. The van der Waals surface area contributed by atoms with Gasteiger partial charge in [0.15, 0.2) is 0 Å². The van der Waals surface area contributed by atoms with Crippen LogP contribution in [0.15, 0.2) is 0 Å². The van der Waals surface area contributed by atoms with Gasteiger partial charge >= 0.3 is 72.4 Å². The summed E-state index contributed by atoms with van der Waals surface area (Å²) in [6, 6.07) is 0. The molecule has 0 aromatic heterocycles. The summed E-state index contributed by atoms with van der Waals surface area (Å²) in [4.78, 5) is 98.7. The van der Waals surface area contributed by atoms with E-state index in [9.17, 15) is 38.4 Å². The van der Waals surface area contributed by atoms with E-state index < -0.39 is 72.4 Å². The molecular weight excluding hydrogens is 545 g/mol. The van der Waals surface area contributed by atoms with Crippen LogP contribution in [-0.2, 0) is 49.4 Å². The molecule has 6 aliphatic heterocycles. The van der Waals surface area contributed by atoms with E-state index in [1.54, 1.807) is 0 Å². The van der Waals surface area contributed by atoms with Crippen molar-refractivity contribution in [2.24, 2.45) is 0 Å². The minimum Gasteiger partial charge on any atom is -0.795 e. The molecule has 6 aliphatic rings. The van der Waals surface area contributed by atoms with Crippen LogP contribution in [0.1, 0.15) is 0 Å². The molecule has 0 aromatic carbocycles. The minimum absolute atomic E-state index is 4.30. The number of rotatable bonds is 0. The zero-order chi connectivity index (χ0) is 20.5. The van der Waals surface area contributed by atoms with Crippen LogP contribution in [0.5, 0.6) is 0 Å². The predicted molar refractivity (Wildman–Crippen MR) is 61.3 cm³/mol. The van der Waals surface area contributed by atoms with E-state index in [1.807, 2.05) is 0 Å². The van der Waals surface area contributed by atoms with Gasteiger partial charge < -0.3 is 87.7 Å². The molecule has 0 aromatic rings. The summed E-state index contributed by atoms with van der Waals surface area (Å²) >= 11 is 0. The Morgan fingerprint density at radius 1 is 0.321 bits per heavy atom. The minimum atomic E-state index is -6.06. The Hall–Kier alpha value is 0.935. The molecule has 28 heteroatoms. The smallest absolute Gasteiger partial charge is 0.652 e. The van der Waals surface area contributed by atoms with Gasteiger partial charge in [0.05, 0.1) is 0 Å². The van der Waals surface area contributed by atoms with Gasteiger partial charge in [0.2, 0.25) is 0 Å². The lowest BCUT2D eigenvalue weighted by molar-refractivity contribution is -0.420. The third-order valence-corrected chi connectivity index (χ3v) is 27.1. The Kier molecular flexibility index (Phi) is 4.06. The molecule has 0 amide bonds. The van der Waals surface area contributed by atoms with Crippen molar-refractivity contribution in [2.45, 2.75) is 0 Å². The quantitative estimate of drug-likeness (QED) is 0.276. The van der Waals surface area contributed by atoms with Crippen LogP contribution < -0.4 is 33.6 Å². The van der Waals surface area contributed by atoms with E-state index in [4.69, 9.17) is 0 Å². The highest BCUT2D eigenvalue weighted by Gasteiger charge is 2.70. The van der Waals surface area contributed by atoms with Gasteiger partial charge in [-0.3, -0.25) is 0 Å². The molecule has 8 bridgehead atoms. The molecule has 0 aliphatic carbocycles. The summed E-state index contributed by atoms with van der Waals surface area (Å²) < 4.78 is 52.0. The molecule has 6 rings (SSSR count). The molecule has 0 spiro atoms. The maximum Gasteiger partial charge on any atom is 0.652 e. The first-order valence-electron chi connectivity index (χ1n) is 6.55. The van der Waals surface area contributed by atoms with E-state index in [-0.39, 0.29) is 0 Å². The van der Waals surface area contributed by atoms with Crippen LogP contribution in [0.4, 0.5) is 0 Å². The lowest BCUT2D eigenvalue weighted by Crippen LogP contribution is -2.98. The van der Waals surface area contributed by atoms with E-state index in [0.717, 1.165) is 0 Å². The highest BCUT2D eigenvalue weighted by Crippen LogP contribution is 2.39. The Morgan fingerprint density at radius 3 is 0.643 bits per heavy atom. The average Bonchev–Trinajstić information content (AvgIpc) is 2.22. The normalized spacial score (nSPS) is 66.0. The van der Waals surface area contributed by atoms with Crippen LogP contribution >= 0.6 is 0 Å². The molecular formula is HO20Si8-7. The largest absolute Gasteiger partial charge is 0.795 e. The fourth-order valence-electron chi connectivity index (χ4n) is 2.35. The molecule has 6 saturated heterocycles. The fraction of sp³-hybridized carbons (Fsp3) is 0. The van der Waals surface area contributed by atoms with Crippen LogP contribution in [0.3, 0.4) is 0 Å². The Labute approximate surface area is 160 Å². The lowest BCUT2D eigenvalue weighted by atomic mass is 15.5. The van der Waals surface area contributed by atoms with Crippen LogP contribution in [0, 0.1) is 0 Å².